The van der Waals surface area contributed by atoms with E-state index in [0.29, 0.717) is 5.92 Å². The Morgan fingerprint density at radius 3 is 2.62 bits per heavy atom. The van der Waals surface area contributed by atoms with Gasteiger partial charge < -0.3 is 4.74 Å². The molecule has 1 nitrogen and oxygen atoms in total. The Hall–Kier alpha value is -0.560. The van der Waals surface area contributed by atoms with Crippen molar-refractivity contribution in [3.8, 4) is 0 Å². The average Bonchev–Trinajstić information content (AvgIpc) is 2.69. The maximum atomic E-state index is 5.80. The maximum absolute atomic E-state index is 5.80. The monoisotopic (exact) mass is 178 g/mol. The first kappa shape index (κ1) is 9.01. The standard InChI is InChI=1S/C12H18O/c1-2-12(9-6-10-13-12)11-7-4-3-5-8-11/h2,6,9,11H,1,3-5,7-8,10H2/t12-/m1/s1. The Labute approximate surface area is 80.5 Å². The van der Waals surface area contributed by atoms with Crippen molar-refractivity contribution in [2.24, 2.45) is 5.92 Å². The van der Waals surface area contributed by atoms with Crippen LogP contribution in [0.4, 0.5) is 0 Å². The summed E-state index contributed by atoms with van der Waals surface area (Å²) in [7, 11) is 0. The highest BCUT2D eigenvalue weighted by Crippen LogP contribution is 2.38. The SMILES string of the molecule is C=C[C@]1(C2CCCCC2)C=CCO1. The highest BCUT2D eigenvalue weighted by molar-refractivity contribution is 5.19. The molecule has 1 aliphatic carbocycles. The topological polar surface area (TPSA) is 9.23 Å². The molecule has 0 aromatic heterocycles. The zero-order valence-electron chi connectivity index (χ0n) is 8.17. The summed E-state index contributed by atoms with van der Waals surface area (Å²) in [6.45, 7) is 4.68. The third-order valence-electron chi connectivity index (χ3n) is 3.37. The molecule has 0 N–H and O–H groups in total. The largest absolute Gasteiger partial charge is 0.362 e. The van der Waals surface area contributed by atoms with Crippen molar-refractivity contribution >= 4 is 0 Å². The summed E-state index contributed by atoms with van der Waals surface area (Å²) in [5.74, 6) is 0.678. The summed E-state index contributed by atoms with van der Waals surface area (Å²) >= 11 is 0. The van der Waals surface area contributed by atoms with Crippen molar-refractivity contribution in [2.75, 3.05) is 6.61 Å². The number of hydrogen-bond acceptors (Lipinski definition) is 1. The van der Waals surface area contributed by atoms with Gasteiger partial charge in [-0.25, -0.2) is 0 Å². The van der Waals surface area contributed by atoms with Crippen LogP contribution in [0.15, 0.2) is 24.8 Å². The summed E-state index contributed by atoms with van der Waals surface area (Å²) < 4.78 is 5.80. The predicted molar refractivity (Wildman–Crippen MR) is 54.6 cm³/mol. The Bertz CT molecular complexity index is 213. The van der Waals surface area contributed by atoms with Gasteiger partial charge in [0.15, 0.2) is 0 Å². The summed E-state index contributed by atoms with van der Waals surface area (Å²) in [6, 6.07) is 0. The van der Waals surface area contributed by atoms with Gasteiger partial charge in [-0.1, -0.05) is 44.1 Å². The van der Waals surface area contributed by atoms with E-state index in [1.54, 1.807) is 0 Å². The molecule has 0 unspecified atom stereocenters. The van der Waals surface area contributed by atoms with Crippen molar-refractivity contribution in [3.05, 3.63) is 24.8 Å². The molecule has 0 aromatic carbocycles. The Balaban J connectivity index is 2.10. The fourth-order valence-electron chi connectivity index (χ4n) is 2.57. The first-order valence-electron chi connectivity index (χ1n) is 5.33. The van der Waals surface area contributed by atoms with E-state index in [4.69, 9.17) is 4.74 Å². The van der Waals surface area contributed by atoms with Gasteiger partial charge in [0.05, 0.1) is 6.61 Å². The van der Waals surface area contributed by atoms with E-state index in [1.807, 2.05) is 6.08 Å². The van der Waals surface area contributed by atoms with Crippen LogP contribution in [0.25, 0.3) is 0 Å². The molecule has 1 heteroatoms. The molecule has 1 atom stereocenters. The minimum atomic E-state index is -0.111. The summed E-state index contributed by atoms with van der Waals surface area (Å²) in [5.41, 5.74) is -0.111. The zero-order valence-corrected chi connectivity index (χ0v) is 8.17. The summed E-state index contributed by atoms with van der Waals surface area (Å²) in [5, 5.41) is 0. The van der Waals surface area contributed by atoms with Gasteiger partial charge in [0.25, 0.3) is 0 Å². The van der Waals surface area contributed by atoms with E-state index in [-0.39, 0.29) is 5.60 Å². The zero-order chi connectivity index (χ0) is 9.15. The first-order chi connectivity index (χ1) is 6.37. The van der Waals surface area contributed by atoms with Gasteiger partial charge >= 0.3 is 0 Å². The lowest BCUT2D eigenvalue weighted by Crippen LogP contribution is -2.35. The molecule has 2 rings (SSSR count). The van der Waals surface area contributed by atoms with Crippen molar-refractivity contribution in [3.63, 3.8) is 0 Å². The van der Waals surface area contributed by atoms with Crippen molar-refractivity contribution in [1.82, 2.24) is 0 Å². The lowest BCUT2D eigenvalue weighted by molar-refractivity contribution is 0.00373. The molecular weight excluding hydrogens is 160 g/mol. The summed E-state index contributed by atoms with van der Waals surface area (Å²) in [6.07, 6.45) is 13.0. The minimum absolute atomic E-state index is 0.111. The molecule has 0 amide bonds. The maximum Gasteiger partial charge on any atom is 0.107 e. The van der Waals surface area contributed by atoms with Gasteiger partial charge in [-0.2, -0.15) is 0 Å². The molecule has 72 valence electrons. The average molecular weight is 178 g/mol. The molecule has 1 fully saturated rings. The second-order valence-electron chi connectivity index (χ2n) is 4.11. The van der Waals surface area contributed by atoms with E-state index in [0.717, 1.165) is 6.61 Å². The second kappa shape index (κ2) is 3.67. The number of hydrogen-bond donors (Lipinski definition) is 0. The molecule has 0 aromatic rings. The Morgan fingerprint density at radius 2 is 2.08 bits per heavy atom. The lowest BCUT2D eigenvalue weighted by Gasteiger charge is -2.35. The lowest BCUT2D eigenvalue weighted by atomic mass is 9.77. The van der Waals surface area contributed by atoms with Crippen LogP contribution < -0.4 is 0 Å². The first-order valence-corrected chi connectivity index (χ1v) is 5.33. The van der Waals surface area contributed by atoms with Crippen LogP contribution in [0.5, 0.6) is 0 Å². The van der Waals surface area contributed by atoms with Gasteiger partial charge in [-0.05, 0) is 18.8 Å². The Kier molecular flexibility index (Phi) is 2.54. The molecule has 1 saturated carbocycles. The fraction of sp³-hybridized carbons (Fsp3) is 0.667. The molecule has 0 spiro atoms. The van der Waals surface area contributed by atoms with Crippen LogP contribution in [-0.4, -0.2) is 12.2 Å². The number of ether oxygens (including phenoxy) is 1. The highest BCUT2D eigenvalue weighted by atomic mass is 16.5. The molecule has 0 saturated heterocycles. The highest BCUT2D eigenvalue weighted by Gasteiger charge is 2.37. The molecular formula is C12H18O. The molecule has 13 heavy (non-hydrogen) atoms. The van der Waals surface area contributed by atoms with Crippen molar-refractivity contribution < 1.29 is 4.74 Å². The van der Waals surface area contributed by atoms with Crippen LogP contribution in [0.2, 0.25) is 0 Å². The van der Waals surface area contributed by atoms with E-state index in [2.05, 4.69) is 18.7 Å². The normalized spacial score (nSPS) is 35.1. The third kappa shape index (κ3) is 1.58. The second-order valence-corrected chi connectivity index (χ2v) is 4.11. The van der Waals surface area contributed by atoms with Crippen LogP contribution in [0.1, 0.15) is 32.1 Å². The number of rotatable bonds is 2. The molecule has 0 radical (unpaired) electrons. The molecule has 2 aliphatic rings. The van der Waals surface area contributed by atoms with Gasteiger partial charge in [0.1, 0.15) is 5.60 Å². The fourth-order valence-corrected chi connectivity index (χ4v) is 2.57. The van der Waals surface area contributed by atoms with Crippen LogP contribution >= 0.6 is 0 Å². The smallest absolute Gasteiger partial charge is 0.107 e. The quantitative estimate of drug-likeness (QED) is 0.590. The molecule has 0 bridgehead atoms. The van der Waals surface area contributed by atoms with Crippen LogP contribution in [-0.2, 0) is 4.74 Å². The van der Waals surface area contributed by atoms with Gasteiger partial charge in [0, 0.05) is 0 Å². The van der Waals surface area contributed by atoms with Crippen LogP contribution in [0, 0.1) is 5.92 Å². The van der Waals surface area contributed by atoms with Gasteiger partial charge in [-0.3, -0.25) is 0 Å². The van der Waals surface area contributed by atoms with Gasteiger partial charge in [0.2, 0.25) is 0 Å². The Morgan fingerprint density at radius 1 is 1.31 bits per heavy atom. The third-order valence-corrected chi connectivity index (χ3v) is 3.37. The van der Waals surface area contributed by atoms with E-state index in [1.165, 1.54) is 32.1 Å². The summed E-state index contributed by atoms with van der Waals surface area (Å²) in [4.78, 5) is 0. The van der Waals surface area contributed by atoms with Crippen molar-refractivity contribution in [2.45, 2.75) is 37.7 Å². The van der Waals surface area contributed by atoms with Crippen molar-refractivity contribution in [1.29, 1.82) is 0 Å². The van der Waals surface area contributed by atoms with E-state index >= 15 is 0 Å². The minimum Gasteiger partial charge on any atom is -0.362 e. The van der Waals surface area contributed by atoms with E-state index < -0.39 is 0 Å². The van der Waals surface area contributed by atoms with E-state index in [9.17, 15) is 0 Å². The molecule has 1 aliphatic heterocycles. The van der Waals surface area contributed by atoms with Gasteiger partial charge in [-0.15, -0.1) is 0 Å². The predicted octanol–water partition coefficient (Wildman–Crippen LogP) is 3.08. The van der Waals surface area contributed by atoms with Crippen LogP contribution in [0.3, 0.4) is 0 Å². The molecule has 1 heterocycles.